The Morgan fingerprint density at radius 3 is 2.58 bits per heavy atom. The number of hydrogen-bond donors (Lipinski definition) is 0. The first kappa shape index (κ1) is 27.3. The predicted octanol–water partition coefficient (Wildman–Crippen LogP) is 7.50. The molecule has 4 aromatic rings. The third-order valence-corrected chi connectivity index (χ3v) is 7.19. The van der Waals surface area contributed by atoms with Crippen LogP contribution in [0, 0.1) is 18.8 Å². The fourth-order valence-corrected chi connectivity index (χ4v) is 5.28. The van der Waals surface area contributed by atoms with Crippen LogP contribution in [0.2, 0.25) is 0 Å². The summed E-state index contributed by atoms with van der Waals surface area (Å²) in [5.41, 5.74) is 5.46. The van der Waals surface area contributed by atoms with Crippen molar-refractivity contribution in [3.8, 4) is 34.5 Å². The van der Waals surface area contributed by atoms with Gasteiger partial charge in [-0.3, -0.25) is 4.79 Å². The second-order valence-corrected chi connectivity index (χ2v) is 9.68. The molecule has 3 aromatic carbocycles. The van der Waals surface area contributed by atoms with Crippen LogP contribution in [0.3, 0.4) is 0 Å². The second kappa shape index (κ2) is 13.1. The zero-order valence-electron chi connectivity index (χ0n) is 22.2. The first-order valence-electron chi connectivity index (χ1n) is 12.6. The Morgan fingerprint density at radius 2 is 1.84 bits per heavy atom. The molecule has 1 heterocycles. The zero-order valence-corrected chi connectivity index (χ0v) is 23.0. The maximum atomic E-state index is 12.0. The van der Waals surface area contributed by atoms with Crippen LogP contribution in [0.1, 0.15) is 42.9 Å². The molecule has 1 aromatic heterocycles. The summed E-state index contributed by atoms with van der Waals surface area (Å²) >= 11 is 1.73. The van der Waals surface area contributed by atoms with Gasteiger partial charge in [-0.15, -0.1) is 17.3 Å². The summed E-state index contributed by atoms with van der Waals surface area (Å²) in [4.78, 5) is 12.0. The van der Waals surface area contributed by atoms with Crippen LogP contribution in [-0.2, 0) is 20.9 Å². The van der Waals surface area contributed by atoms with Crippen LogP contribution in [0.4, 0.5) is 0 Å². The molecule has 0 aliphatic heterocycles. The molecular weight excluding hydrogens is 496 g/mol. The molecule has 0 fully saturated rings. The highest BCUT2D eigenvalue weighted by atomic mass is 32.1. The maximum Gasteiger partial charge on any atom is 0.307 e. The monoisotopic (exact) mass is 528 g/mol. The van der Waals surface area contributed by atoms with Crippen molar-refractivity contribution in [2.75, 3.05) is 20.5 Å². The lowest BCUT2D eigenvalue weighted by molar-refractivity contribution is -0.143. The summed E-state index contributed by atoms with van der Waals surface area (Å²) in [7, 11) is 1.62. The molecule has 0 aliphatic rings. The molecule has 0 amide bonds. The van der Waals surface area contributed by atoms with Crippen LogP contribution in [0.5, 0.6) is 11.5 Å². The van der Waals surface area contributed by atoms with Crippen LogP contribution < -0.4 is 9.47 Å². The average molecular weight is 529 g/mol. The van der Waals surface area contributed by atoms with Crippen molar-refractivity contribution >= 4 is 27.4 Å². The van der Waals surface area contributed by atoms with Gasteiger partial charge in [0.15, 0.2) is 6.79 Å². The second-order valence-electron chi connectivity index (χ2n) is 8.77. The van der Waals surface area contributed by atoms with Gasteiger partial charge in [0.05, 0.1) is 18.9 Å². The van der Waals surface area contributed by atoms with E-state index in [0.29, 0.717) is 13.2 Å². The molecule has 1 atom stereocenters. The fraction of sp³-hybridized carbons (Fsp3) is 0.281. The third kappa shape index (κ3) is 6.55. The fourth-order valence-electron chi connectivity index (χ4n) is 4.34. The molecule has 0 unspecified atom stereocenters. The number of esters is 1. The first-order chi connectivity index (χ1) is 18.5. The van der Waals surface area contributed by atoms with Crippen molar-refractivity contribution in [1.29, 1.82) is 0 Å². The van der Waals surface area contributed by atoms with E-state index in [9.17, 15) is 4.79 Å². The Morgan fingerprint density at radius 1 is 1.03 bits per heavy atom. The summed E-state index contributed by atoms with van der Waals surface area (Å²) in [5, 5.41) is 3.39. The molecule has 0 saturated carbocycles. The van der Waals surface area contributed by atoms with Crippen molar-refractivity contribution in [2.24, 2.45) is 0 Å². The summed E-state index contributed by atoms with van der Waals surface area (Å²) in [6, 6.07) is 20.3. The van der Waals surface area contributed by atoms with Crippen molar-refractivity contribution in [1.82, 2.24) is 0 Å². The van der Waals surface area contributed by atoms with E-state index in [4.69, 9.17) is 18.9 Å². The zero-order chi connectivity index (χ0) is 26.9. The van der Waals surface area contributed by atoms with Crippen molar-refractivity contribution < 1.29 is 23.7 Å². The van der Waals surface area contributed by atoms with Crippen LogP contribution in [-0.4, -0.2) is 26.5 Å². The molecule has 0 aliphatic carbocycles. The first-order valence-corrected chi connectivity index (χ1v) is 13.4. The number of carbonyl (C=O) groups excluding carboxylic acids is 1. The molecule has 0 radical (unpaired) electrons. The molecule has 0 saturated heterocycles. The van der Waals surface area contributed by atoms with Gasteiger partial charge in [-0.2, -0.15) is 0 Å². The van der Waals surface area contributed by atoms with Crippen LogP contribution >= 0.6 is 11.3 Å². The Bertz CT molecular complexity index is 1440. The number of rotatable bonds is 11. The minimum Gasteiger partial charge on any atom is -0.489 e. The molecule has 4 rings (SSSR count). The Balaban J connectivity index is 1.49. The standard InChI is InChI=1S/C32H32O5S/c1-5-8-25(18-32(33)35-6-2)24-12-14-26(15-13-24)36-19-23-11-16-31-28(17-23)29(20-38-31)27-9-7-10-30(22(27)3)37-21-34-4/h7,9-17,20,25H,6,18-19,21H2,1-4H3/t25-/m0/s1. The summed E-state index contributed by atoms with van der Waals surface area (Å²) in [6.45, 7) is 6.68. The highest BCUT2D eigenvalue weighted by Crippen LogP contribution is 2.38. The van der Waals surface area contributed by atoms with E-state index in [1.165, 1.54) is 15.6 Å². The van der Waals surface area contributed by atoms with Crippen molar-refractivity contribution in [3.05, 3.63) is 82.7 Å². The van der Waals surface area contributed by atoms with Crippen LogP contribution in [0.15, 0.2) is 66.0 Å². The van der Waals surface area contributed by atoms with E-state index >= 15 is 0 Å². The SMILES string of the molecule is CC#C[C@@H](CC(=O)OCC)c1ccc(OCc2ccc3scc(-c4cccc(OCOC)c4C)c3c2)cc1. The van der Waals surface area contributed by atoms with E-state index in [1.54, 1.807) is 32.3 Å². The number of thiophene rings is 1. The van der Waals surface area contributed by atoms with Gasteiger partial charge in [0.2, 0.25) is 0 Å². The number of hydrogen-bond acceptors (Lipinski definition) is 6. The summed E-state index contributed by atoms with van der Waals surface area (Å²) < 4.78 is 23.2. The van der Waals surface area contributed by atoms with E-state index in [0.717, 1.165) is 33.8 Å². The molecular formula is C32H32O5S. The summed E-state index contributed by atoms with van der Waals surface area (Å²) in [6.07, 6.45) is 0.235. The highest BCUT2D eigenvalue weighted by molar-refractivity contribution is 7.17. The highest BCUT2D eigenvalue weighted by Gasteiger charge is 2.15. The smallest absolute Gasteiger partial charge is 0.307 e. The number of benzene rings is 3. The Kier molecular flexibility index (Phi) is 9.42. The molecule has 0 spiro atoms. The lowest BCUT2D eigenvalue weighted by Gasteiger charge is -2.13. The minimum atomic E-state index is -0.242. The van der Waals surface area contributed by atoms with Crippen molar-refractivity contribution in [2.45, 2.75) is 39.7 Å². The quantitative estimate of drug-likeness (QED) is 0.115. The number of carbonyl (C=O) groups is 1. The number of ether oxygens (including phenoxy) is 4. The van der Waals surface area contributed by atoms with E-state index in [1.807, 2.05) is 36.4 Å². The van der Waals surface area contributed by atoms with E-state index in [-0.39, 0.29) is 25.1 Å². The van der Waals surface area contributed by atoms with Gasteiger partial charge in [0.1, 0.15) is 18.1 Å². The van der Waals surface area contributed by atoms with Gasteiger partial charge in [-0.05, 0) is 78.7 Å². The molecule has 0 bridgehead atoms. The largest absolute Gasteiger partial charge is 0.489 e. The third-order valence-electron chi connectivity index (χ3n) is 6.23. The molecule has 0 N–H and O–H groups in total. The topological polar surface area (TPSA) is 54.0 Å². The predicted molar refractivity (Wildman–Crippen MR) is 153 cm³/mol. The molecule has 38 heavy (non-hydrogen) atoms. The molecule has 5 nitrogen and oxygen atoms in total. The normalized spacial score (nSPS) is 11.5. The van der Waals surface area contributed by atoms with Gasteiger partial charge in [-0.25, -0.2) is 0 Å². The van der Waals surface area contributed by atoms with Gasteiger partial charge < -0.3 is 18.9 Å². The average Bonchev–Trinajstić information content (AvgIpc) is 3.34. The van der Waals surface area contributed by atoms with Gasteiger partial charge in [-0.1, -0.05) is 36.3 Å². The van der Waals surface area contributed by atoms with Gasteiger partial charge in [0.25, 0.3) is 0 Å². The minimum absolute atomic E-state index is 0.200. The summed E-state index contributed by atoms with van der Waals surface area (Å²) in [5.74, 6) is 7.17. The van der Waals surface area contributed by atoms with Gasteiger partial charge >= 0.3 is 5.97 Å². The Hall–Kier alpha value is -3.79. The van der Waals surface area contributed by atoms with Crippen LogP contribution in [0.25, 0.3) is 21.2 Å². The number of methoxy groups -OCH3 is 1. The van der Waals surface area contributed by atoms with Gasteiger partial charge in [0, 0.05) is 22.8 Å². The maximum absolute atomic E-state index is 12.0. The van der Waals surface area contributed by atoms with E-state index < -0.39 is 0 Å². The molecule has 196 valence electrons. The molecule has 6 heteroatoms. The Labute approximate surface area is 228 Å². The lowest BCUT2D eigenvalue weighted by Crippen LogP contribution is -2.09. The van der Waals surface area contributed by atoms with Crippen molar-refractivity contribution in [3.63, 3.8) is 0 Å². The van der Waals surface area contributed by atoms with E-state index in [2.05, 4.69) is 48.4 Å². The number of fused-ring (bicyclic) bond motifs is 1. The lowest BCUT2D eigenvalue weighted by atomic mass is 9.96.